The molecule has 0 unspecified atom stereocenters. The summed E-state index contributed by atoms with van der Waals surface area (Å²) in [5, 5.41) is 9.90. The SMILES string of the molecule is Oc1cc2c(c(-c3ccccc3)c1)C=CCCC2. The van der Waals surface area contributed by atoms with Gasteiger partial charge in [0.05, 0.1) is 0 Å². The first-order valence-electron chi connectivity index (χ1n) is 6.42. The van der Waals surface area contributed by atoms with Crippen LogP contribution in [0.15, 0.2) is 48.5 Å². The molecular weight excluding hydrogens is 220 g/mol. The number of benzene rings is 2. The number of phenolic OH excluding ortho intramolecular Hbond substituents is 1. The molecule has 3 rings (SSSR count). The Kier molecular flexibility index (Phi) is 2.89. The minimum Gasteiger partial charge on any atom is -0.508 e. The topological polar surface area (TPSA) is 20.2 Å². The lowest BCUT2D eigenvalue weighted by atomic mass is 9.94. The number of rotatable bonds is 1. The van der Waals surface area contributed by atoms with Crippen LogP contribution in [0.25, 0.3) is 17.2 Å². The van der Waals surface area contributed by atoms with Crippen LogP contribution in [0.4, 0.5) is 0 Å². The summed E-state index contributed by atoms with van der Waals surface area (Å²) >= 11 is 0. The Morgan fingerprint density at radius 1 is 1.00 bits per heavy atom. The van der Waals surface area contributed by atoms with Crippen molar-refractivity contribution in [3.05, 3.63) is 59.7 Å². The molecule has 1 nitrogen and oxygen atoms in total. The summed E-state index contributed by atoms with van der Waals surface area (Å²) in [6.07, 6.45) is 7.74. The fourth-order valence-electron chi connectivity index (χ4n) is 2.57. The molecule has 2 aromatic carbocycles. The first-order chi connectivity index (χ1) is 8.84. The van der Waals surface area contributed by atoms with E-state index in [9.17, 15) is 5.11 Å². The summed E-state index contributed by atoms with van der Waals surface area (Å²) in [5.74, 6) is 0.364. The van der Waals surface area contributed by atoms with Crippen LogP contribution in [0.3, 0.4) is 0 Å². The molecule has 0 atom stereocenters. The van der Waals surface area contributed by atoms with E-state index in [2.05, 4.69) is 24.3 Å². The van der Waals surface area contributed by atoms with Crippen molar-refractivity contribution in [3.8, 4) is 16.9 Å². The van der Waals surface area contributed by atoms with Crippen molar-refractivity contribution in [1.29, 1.82) is 0 Å². The Labute approximate surface area is 107 Å². The molecule has 0 radical (unpaired) electrons. The molecule has 0 bridgehead atoms. The number of phenols is 1. The molecule has 0 aromatic heterocycles. The van der Waals surface area contributed by atoms with E-state index in [-0.39, 0.29) is 0 Å². The molecule has 1 aliphatic rings. The van der Waals surface area contributed by atoms with Gasteiger partial charge >= 0.3 is 0 Å². The third-order valence-corrected chi connectivity index (χ3v) is 3.44. The molecular formula is C17H16O. The largest absolute Gasteiger partial charge is 0.508 e. The van der Waals surface area contributed by atoms with Gasteiger partial charge in [0, 0.05) is 0 Å². The van der Waals surface area contributed by atoms with Gasteiger partial charge in [0.1, 0.15) is 5.75 Å². The van der Waals surface area contributed by atoms with E-state index in [0.717, 1.165) is 30.4 Å². The van der Waals surface area contributed by atoms with Gasteiger partial charge in [0.25, 0.3) is 0 Å². The van der Waals surface area contributed by atoms with Crippen molar-refractivity contribution in [3.63, 3.8) is 0 Å². The number of fused-ring (bicyclic) bond motifs is 1. The molecule has 1 N–H and O–H groups in total. The Hall–Kier alpha value is -2.02. The van der Waals surface area contributed by atoms with Crippen molar-refractivity contribution in [2.75, 3.05) is 0 Å². The van der Waals surface area contributed by atoms with E-state index in [1.165, 1.54) is 11.1 Å². The molecule has 1 aliphatic carbocycles. The molecule has 0 spiro atoms. The molecule has 18 heavy (non-hydrogen) atoms. The maximum Gasteiger partial charge on any atom is 0.116 e. The summed E-state index contributed by atoms with van der Waals surface area (Å²) in [6, 6.07) is 14.0. The molecule has 2 aromatic rings. The molecule has 0 heterocycles. The Bertz CT molecular complexity index is 582. The maximum atomic E-state index is 9.90. The summed E-state index contributed by atoms with van der Waals surface area (Å²) < 4.78 is 0. The van der Waals surface area contributed by atoms with Gasteiger partial charge in [-0.15, -0.1) is 0 Å². The zero-order valence-corrected chi connectivity index (χ0v) is 10.3. The number of allylic oxidation sites excluding steroid dienone is 1. The lowest BCUT2D eigenvalue weighted by molar-refractivity contribution is 0.474. The van der Waals surface area contributed by atoms with Gasteiger partial charge in [-0.25, -0.2) is 0 Å². The van der Waals surface area contributed by atoms with Crippen LogP contribution in [0.5, 0.6) is 5.75 Å². The second kappa shape index (κ2) is 4.69. The van der Waals surface area contributed by atoms with Crippen LogP contribution < -0.4 is 0 Å². The average Bonchev–Trinajstić information content (AvgIpc) is 2.64. The smallest absolute Gasteiger partial charge is 0.116 e. The number of hydrogen-bond acceptors (Lipinski definition) is 1. The Morgan fingerprint density at radius 2 is 1.83 bits per heavy atom. The van der Waals surface area contributed by atoms with Crippen LogP contribution in [-0.2, 0) is 6.42 Å². The van der Waals surface area contributed by atoms with Gasteiger partial charge in [-0.2, -0.15) is 0 Å². The van der Waals surface area contributed by atoms with Crippen molar-refractivity contribution >= 4 is 6.08 Å². The van der Waals surface area contributed by atoms with Gasteiger partial charge in [-0.1, -0.05) is 42.5 Å². The number of aryl methyl sites for hydroxylation is 1. The van der Waals surface area contributed by atoms with Crippen LogP contribution in [0.1, 0.15) is 24.0 Å². The van der Waals surface area contributed by atoms with E-state index in [4.69, 9.17) is 0 Å². The second-order valence-corrected chi connectivity index (χ2v) is 4.73. The number of aromatic hydroxyl groups is 1. The quantitative estimate of drug-likeness (QED) is 0.777. The second-order valence-electron chi connectivity index (χ2n) is 4.73. The summed E-state index contributed by atoms with van der Waals surface area (Å²) in [5.41, 5.74) is 4.80. The predicted octanol–water partition coefficient (Wildman–Crippen LogP) is 4.41. The number of hydrogen-bond donors (Lipinski definition) is 1. The monoisotopic (exact) mass is 236 g/mol. The highest BCUT2D eigenvalue weighted by Gasteiger charge is 2.11. The molecule has 1 heteroatoms. The third-order valence-electron chi connectivity index (χ3n) is 3.44. The first kappa shape index (κ1) is 11.1. The summed E-state index contributed by atoms with van der Waals surface area (Å²) in [6.45, 7) is 0. The van der Waals surface area contributed by atoms with E-state index in [1.807, 2.05) is 30.3 Å². The Morgan fingerprint density at radius 3 is 2.67 bits per heavy atom. The summed E-state index contributed by atoms with van der Waals surface area (Å²) in [7, 11) is 0. The van der Waals surface area contributed by atoms with E-state index < -0.39 is 0 Å². The van der Waals surface area contributed by atoms with Gasteiger partial charge in [0.15, 0.2) is 0 Å². The molecule has 0 saturated heterocycles. The lowest BCUT2D eigenvalue weighted by Gasteiger charge is -2.12. The van der Waals surface area contributed by atoms with E-state index >= 15 is 0 Å². The molecule has 0 saturated carbocycles. The average molecular weight is 236 g/mol. The van der Waals surface area contributed by atoms with Crippen LogP contribution in [0.2, 0.25) is 0 Å². The maximum absolute atomic E-state index is 9.90. The standard InChI is InChI=1S/C17H16O/c18-15-11-14-9-5-2-6-10-16(14)17(12-15)13-7-3-1-4-8-13/h1,3-4,6-8,10-12,18H,2,5,9H2. The normalized spacial score (nSPS) is 14.0. The minimum absolute atomic E-state index is 0.364. The third kappa shape index (κ3) is 2.04. The van der Waals surface area contributed by atoms with Gasteiger partial charge in [-0.3, -0.25) is 0 Å². The van der Waals surface area contributed by atoms with Crippen molar-refractivity contribution in [2.45, 2.75) is 19.3 Å². The zero-order valence-electron chi connectivity index (χ0n) is 10.3. The van der Waals surface area contributed by atoms with Crippen molar-refractivity contribution in [2.24, 2.45) is 0 Å². The molecule has 90 valence electrons. The highest BCUT2D eigenvalue weighted by molar-refractivity contribution is 5.78. The van der Waals surface area contributed by atoms with Crippen LogP contribution >= 0.6 is 0 Å². The molecule has 0 aliphatic heterocycles. The van der Waals surface area contributed by atoms with Gasteiger partial charge < -0.3 is 5.11 Å². The zero-order chi connectivity index (χ0) is 12.4. The minimum atomic E-state index is 0.364. The van der Waals surface area contributed by atoms with Crippen molar-refractivity contribution < 1.29 is 5.11 Å². The highest BCUT2D eigenvalue weighted by Crippen LogP contribution is 2.33. The predicted molar refractivity (Wildman–Crippen MR) is 75.5 cm³/mol. The van der Waals surface area contributed by atoms with Crippen LogP contribution in [0, 0.1) is 0 Å². The highest BCUT2D eigenvalue weighted by atomic mass is 16.3. The first-order valence-corrected chi connectivity index (χ1v) is 6.42. The fourth-order valence-corrected chi connectivity index (χ4v) is 2.57. The fraction of sp³-hybridized carbons (Fsp3) is 0.176. The molecule has 0 fully saturated rings. The molecule has 0 amide bonds. The van der Waals surface area contributed by atoms with E-state index in [0.29, 0.717) is 5.75 Å². The van der Waals surface area contributed by atoms with Gasteiger partial charge in [-0.05, 0) is 53.6 Å². The van der Waals surface area contributed by atoms with Gasteiger partial charge in [0.2, 0.25) is 0 Å². The van der Waals surface area contributed by atoms with Crippen molar-refractivity contribution in [1.82, 2.24) is 0 Å². The lowest BCUT2D eigenvalue weighted by Crippen LogP contribution is -1.91. The Balaban J connectivity index is 2.22. The summed E-state index contributed by atoms with van der Waals surface area (Å²) in [4.78, 5) is 0. The van der Waals surface area contributed by atoms with E-state index in [1.54, 1.807) is 0 Å². The van der Waals surface area contributed by atoms with Crippen LogP contribution in [-0.4, -0.2) is 5.11 Å².